The molecule has 5 nitrogen and oxygen atoms in total. The maximum absolute atomic E-state index is 5.64. The maximum Gasteiger partial charge on any atom is 0.225 e. The van der Waals surface area contributed by atoms with Gasteiger partial charge >= 0.3 is 0 Å². The molecule has 0 aliphatic carbocycles. The molecule has 6 heteroatoms. The number of piperidine rings is 1. The van der Waals surface area contributed by atoms with Crippen molar-refractivity contribution < 1.29 is 4.74 Å². The van der Waals surface area contributed by atoms with Crippen LogP contribution in [0.2, 0.25) is 0 Å². The molecule has 0 unspecified atom stereocenters. The molecule has 1 aromatic rings. The lowest BCUT2D eigenvalue weighted by Gasteiger charge is -2.31. The van der Waals surface area contributed by atoms with E-state index in [1.165, 1.54) is 0 Å². The number of ether oxygens (including phenoxy) is 1. The highest BCUT2D eigenvalue weighted by Crippen LogP contribution is 2.18. The molecule has 0 bridgehead atoms. The summed E-state index contributed by atoms with van der Waals surface area (Å²) in [5.74, 6) is 0.822. The second kappa shape index (κ2) is 6.46. The van der Waals surface area contributed by atoms with Gasteiger partial charge in [0.25, 0.3) is 0 Å². The van der Waals surface area contributed by atoms with E-state index in [1.807, 2.05) is 12.4 Å². The summed E-state index contributed by atoms with van der Waals surface area (Å²) >= 11 is 2.21. The van der Waals surface area contributed by atoms with E-state index in [2.05, 4.69) is 37.5 Å². The molecule has 1 saturated heterocycles. The van der Waals surface area contributed by atoms with Gasteiger partial charge in [-0.2, -0.15) is 0 Å². The van der Waals surface area contributed by atoms with Gasteiger partial charge in [0.05, 0.1) is 12.7 Å². The van der Waals surface area contributed by atoms with Crippen LogP contribution in [0.3, 0.4) is 0 Å². The molecule has 94 valence electrons. The quantitative estimate of drug-likeness (QED) is 0.824. The van der Waals surface area contributed by atoms with Crippen molar-refractivity contribution in [1.82, 2.24) is 9.97 Å². The molecule has 2 heterocycles. The Labute approximate surface area is 115 Å². The summed E-state index contributed by atoms with van der Waals surface area (Å²) in [6, 6.07) is 0. The minimum absolute atomic E-state index is 0.346. The van der Waals surface area contributed by atoms with E-state index in [1.54, 1.807) is 0 Å². The van der Waals surface area contributed by atoms with Gasteiger partial charge in [-0.25, -0.2) is 9.97 Å². The highest BCUT2D eigenvalue weighted by atomic mass is 127. The first-order chi connectivity index (χ1) is 8.29. The van der Waals surface area contributed by atoms with Gasteiger partial charge in [0.1, 0.15) is 0 Å². The third kappa shape index (κ3) is 3.75. The number of anilines is 1. The topological polar surface area (TPSA) is 64.3 Å². The lowest BCUT2D eigenvalue weighted by Crippen LogP contribution is -2.38. The van der Waals surface area contributed by atoms with Gasteiger partial charge in [0.2, 0.25) is 5.95 Å². The van der Waals surface area contributed by atoms with Gasteiger partial charge in [-0.15, -0.1) is 0 Å². The zero-order valence-electron chi connectivity index (χ0n) is 9.68. The number of aromatic nitrogens is 2. The summed E-state index contributed by atoms with van der Waals surface area (Å²) in [5, 5.41) is 0. The highest BCUT2D eigenvalue weighted by molar-refractivity contribution is 14.1. The average molecular weight is 348 g/mol. The molecule has 17 heavy (non-hydrogen) atoms. The van der Waals surface area contributed by atoms with Crippen LogP contribution < -0.4 is 10.6 Å². The number of nitrogens with two attached hydrogens (primary N) is 1. The molecule has 0 saturated carbocycles. The van der Waals surface area contributed by atoms with E-state index in [0.29, 0.717) is 19.3 Å². The molecule has 1 aliphatic heterocycles. The van der Waals surface area contributed by atoms with Crippen molar-refractivity contribution in [3.8, 4) is 0 Å². The van der Waals surface area contributed by atoms with Crippen molar-refractivity contribution in [2.75, 3.05) is 31.1 Å². The predicted molar refractivity (Wildman–Crippen MR) is 75.0 cm³/mol. The van der Waals surface area contributed by atoms with Crippen molar-refractivity contribution in [1.29, 1.82) is 0 Å². The van der Waals surface area contributed by atoms with Crippen molar-refractivity contribution in [3.63, 3.8) is 0 Å². The molecule has 0 aromatic carbocycles. The molecule has 0 amide bonds. The fourth-order valence-electron chi connectivity index (χ4n) is 1.93. The van der Waals surface area contributed by atoms with Crippen LogP contribution in [-0.2, 0) is 4.74 Å². The van der Waals surface area contributed by atoms with E-state index >= 15 is 0 Å². The molecule has 2 rings (SSSR count). The van der Waals surface area contributed by atoms with Crippen LogP contribution in [0.25, 0.3) is 0 Å². The van der Waals surface area contributed by atoms with E-state index in [0.717, 1.165) is 35.4 Å². The second-order valence-electron chi connectivity index (χ2n) is 4.05. The summed E-state index contributed by atoms with van der Waals surface area (Å²) in [6.07, 6.45) is 6.09. The lowest BCUT2D eigenvalue weighted by atomic mass is 10.1. The largest absolute Gasteiger partial charge is 0.377 e. The van der Waals surface area contributed by atoms with E-state index in [9.17, 15) is 0 Å². The standard InChI is InChI=1S/C11H17IN4O/c12-9-7-14-11(15-8-9)16-4-1-10(2-5-16)17-6-3-13/h7-8,10H,1-6,13H2. The minimum atomic E-state index is 0.346. The number of hydrogen-bond donors (Lipinski definition) is 1. The Hall–Kier alpha value is -0.470. The summed E-state index contributed by atoms with van der Waals surface area (Å²) in [6.45, 7) is 3.16. The van der Waals surface area contributed by atoms with Crippen LogP contribution >= 0.6 is 22.6 Å². The van der Waals surface area contributed by atoms with Gasteiger partial charge in [0, 0.05) is 35.6 Å². The monoisotopic (exact) mass is 348 g/mol. The SMILES string of the molecule is NCCOC1CCN(c2ncc(I)cn2)CC1. The Morgan fingerprint density at radius 1 is 1.35 bits per heavy atom. The van der Waals surface area contributed by atoms with E-state index < -0.39 is 0 Å². The number of rotatable bonds is 4. The van der Waals surface area contributed by atoms with Gasteiger partial charge in [-0.05, 0) is 35.4 Å². The van der Waals surface area contributed by atoms with Gasteiger partial charge < -0.3 is 15.4 Å². The molecule has 1 aliphatic rings. The minimum Gasteiger partial charge on any atom is -0.377 e. The first kappa shape index (κ1) is 13.0. The number of hydrogen-bond acceptors (Lipinski definition) is 5. The van der Waals surface area contributed by atoms with E-state index in [-0.39, 0.29) is 0 Å². The van der Waals surface area contributed by atoms with Crippen molar-refractivity contribution >= 4 is 28.5 Å². The molecular weight excluding hydrogens is 331 g/mol. The van der Waals surface area contributed by atoms with Gasteiger partial charge in [0.15, 0.2) is 0 Å². The zero-order valence-corrected chi connectivity index (χ0v) is 11.8. The van der Waals surface area contributed by atoms with E-state index in [4.69, 9.17) is 10.5 Å². The molecule has 2 N–H and O–H groups in total. The van der Waals surface area contributed by atoms with Gasteiger partial charge in [-0.3, -0.25) is 0 Å². The fraction of sp³-hybridized carbons (Fsp3) is 0.636. The smallest absolute Gasteiger partial charge is 0.225 e. The van der Waals surface area contributed by atoms with Crippen molar-refractivity contribution in [2.24, 2.45) is 5.73 Å². The maximum atomic E-state index is 5.64. The first-order valence-corrected chi connectivity index (χ1v) is 6.91. The Morgan fingerprint density at radius 3 is 2.59 bits per heavy atom. The molecule has 0 radical (unpaired) electrons. The highest BCUT2D eigenvalue weighted by Gasteiger charge is 2.20. The molecule has 0 atom stereocenters. The predicted octanol–water partition coefficient (Wildman–Crippen LogP) is 1.03. The number of halogens is 1. The van der Waals surface area contributed by atoms with Crippen LogP contribution in [0, 0.1) is 3.57 Å². The second-order valence-corrected chi connectivity index (χ2v) is 5.29. The first-order valence-electron chi connectivity index (χ1n) is 5.84. The average Bonchev–Trinajstić information content (AvgIpc) is 2.38. The van der Waals surface area contributed by atoms with Crippen molar-refractivity contribution in [2.45, 2.75) is 18.9 Å². The summed E-state index contributed by atoms with van der Waals surface area (Å²) in [7, 11) is 0. The molecular formula is C11H17IN4O. The van der Waals surface area contributed by atoms with Gasteiger partial charge in [-0.1, -0.05) is 0 Å². The lowest BCUT2D eigenvalue weighted by molar-refractivity contribution is 0.0420. The Kier molecular flexibility index (Phi) is 4.93. The Morgan fingerprint density at radius 2 is 2.00 bits per heavy atom. The normalized spacial score (nSPS) is 17.4. The molecule has 1 fully saturated rings. The molecule has 0 spiro atoms. The summed E-state index contributed by atoms with van der Waals surface area (Å²) in [5.41, 5.74) is 5.42. The van der Waals surface area contributed by atoms with Crippen LogP contribution in [0.5, 0.6) is 0 Å². The van der Waals surface area contributed by atoms with Crippen LogP contribution in [-0.4, -0.2) is 42.3 Å². The van der Waals surface area contributed by atoms with Crippen LogP contribution in [0.4, 0.5) is 5.95 Å². The third-order valence-electron chi connectivity index (χ3n) is 2.80. The summed E-state index contributed by atoms with van der Waals surface area (Å²) < 4.78 is 6.70. The Balaban J connectivity index is 1.84. The molecule has 1 aromatic heterocycles. The Bertz CT molecular complexity index is 338. The fourth-order valence-corrected chi connectivity index (χ4v) is 2.20. The zero-order chi connectivity index (χ0) is 12.1. The third-order valence-corrected chi connectivity index (χ3v) is 3.36. The van der Waals surface area contributed by atoms with Crippen LogP contribution in [0.15, 0.2) is 12.4 Å². The number of nitrogens with zero attached hydrogens (tertiary/aromatic N) is 3. The van der Waals surface area contributed by atoms with Crippen LogP contribution in [0.1, 0.15) is 12.8 Å². The summed E-state index contributed by atoms with van der Waals surface area (Å²) in [4.78, 5) is 10.9. The van der Waals surface area contributed by atoms with Crippen molar-refractivity contribution in [3.05, 3.63) is 16.0 Å².